The number of anilines is 1. The molecule has 2 rings (SSSR count). The molecule has 0 saturated carbocycles. The van der Waals surface area contributed by atoms with Crippen molar-refractivity contribution in [2.45, 2.75) is 6.92 Å². The molecular formula is C16H16FNO3. The molecule has 0 fully saturated rings. The minimum Gasteiger partial charge on any atom is -0.497 e. The highest BCUT2D eigenvalue weighted by Crippen LogP contribution is 2.20. The number of carbonyl (C=O) groups is 1. The zero-order valence-corrected chi connectivity index (χ0v) is 11.9. The van der Waals surface area contributed by atoms with Crippen molar-refractivity contribution in [3.63, 3.8) is 0 Å². The van der Waals surface area contributed by atoms with E-state index in [0.29, 0.717) is 18.0 Å². The first-order chi connectivity index (χ1) is 10.1. The Morgan fingerprint density at radius 1 is 1.19 bits per heavy atom. The first kappa shape index (κ1) is 14.8. The minimum absolute atomic E-state index is 0.137. The fourth-order valence-corrected chi connectivity index (χ4v) is 1.79. The molecule has 0 unspecified atom stereocenters. The fraction of sp³-hybridized carbons (Fsp3) is 0.188. The van der Waals surface area contributed by atoms with Crippen molar-refractivity contribution in [3.8, 4) is 11.5 Å². The number of hydrogen-bond donors (Lipinski definition) is 1. The van der Waals surface area contributed by atoms with E-state index in [9.17, 15) is 9.18 Å². The van der Waals surface area contributed by atoms with Crippen molar-refractivity contribution < 1.29 is 18.7 Å². The molecule has 0 radical (unpaired) electrons. The van der Waals surface area contributed by atoms with Crippen LogP contribution >= 0.6 is 0 Å². The molecule has 5 heteroatoms. The molecule has 0 spiro atoms. The Hall–Kier alpha value is -2.56. The Kier molecular flexibility index (Phi) is 4.77. The van der Waals surface area contributed by atoms with E-state index >= 15 is 0 Å². The number of nitrogens with one attached hydrogen (secondary N) is 1. The fourth-order valence-electron chi connectivity index (χ4n) is 1.79. The molecule has 0 aliphatic heterocycles. The molecule has 0 atom stereocenters. The van der Waals surface area contributed by atoms with Crippen LogP contribution in [0.4, 0.5) is 10.1 Å². The van der Waals surface area contributed by atoms with E-state index < -0.39 is 5.82 Å². The monoisotopic (exact) mass is 289 g/mol. The summed E-state index contributed by atoms with van der Waals surface area (Å²) < 4.78 is 23.8. The van der Waals surface area contributed by atoms with Crippen molar-refractivity contribution in [3.05, 3.63) is 53.8 Å². The third kappa shape index (κ3) is 3.72. The van der Waals surface area contributed by atoms with Crippen molar-refractivity contribution in [2.24, 2.45) is 0 Å². The second-order valence-corrected chi connectivity index (χ2v) is 4.26. The summed E-state index contributed by atoms with van der Waals surface area (Å²) >= 11 is 0. The van der Waals surface area contributed by atoms with E-state index in [2.05, 4.69) is 5.32 Å². The summed E-state index contributed by atoms with van der Waals surface area (Å²) in [7, 11) is 1.57. The van der Waals surface area contributed by atoms with Gasteiger partial charge in [0.05, 0.1) is 13.7 Å². The van der Waals surface area contributed by atoms with E-state index in [0.717, 1.165) is 6.07 Å². The average Bonchev–Trinajstić information content (AvgIpc) is 2.50. The van der Waals surface area contributed by atoms with Gasteiger partial charge >= 0.3 is 0 Å². The molecule has 110 valence electrons. The molecule has 0 aliphatic rings. The Labute approximate surface area is 122 Å². The van der Waals surface area contributed by atoms with Gasteiger partial charge in [-0.1, -0.05) is 0 Å². The standard InChI is InChI=1S/C16H16FNO3/c1-3-21-15-9-4-11(10-14(15)17)16(19)18-12-5-7-13(20-2)8-6-12/h4-10H,3H2,1-2H3,(H,18,19). The zero-order valence-electron chi connectivity index (χ0n) is 11.9. The van der Waals surface area contributed by atoms with Gasteiger partial charge in [-0.3, -0.25) is 4.79 Å². The summed E-state index contributed by atoms with van der Waals surface area (Å²) in [6, 6.07) is 11.0. The van der Waals surface area contributed by atoms with Crippen LogP contribution in [0.5, 0.6) is 11.5 Å². The van der Waals surface area contributed by atoms with Gasteiger partial charge in [0.15, 0.2) is 11.6 Å². The minimum atomic E-state index is -0.556. The topological polar surface area (TPSA) is 47.6 Å². The van der Waals surface area contributed by atoms with Crippen LogP contribution in [0.15, 0.2) is 42.5 Å². The number of hydrogen-bond acceptors (Lipinski definition) is 3. The van der Waals surface area contributed by atoms with Gasteiger partial charge in [0.25, 0.3) is 5.91 Å². The van der Waals surface area contributed by atoms with Crippen molar-refractivity contribution >= 4 is 11.6 Å². The molecule has 1 amide bonds. The summed E-state index contributed by atoms with van der Waals surface area (Å²) in [5.41, 5.74) is 0.835. The predicted octanol–water partition coefficient (Wildman–Crippen LogP) is 3.49. The third-order valence-corrected chi connectivity index (χ3v) is 2.84. The second kappa shape index (κ2) is 6.74. The Balaban J connectivity index is 2.10. The number of rotatable bonds is 5. The molecule has 1 N–H and O–H groups in total. The maximum Gasteiger partial charge on any atom is 0.255 e. The molecular weight excluding hydrogens is 273 g/mol. The summed E-state index contributed by atoms with van der Waals surface area (Å²) in [5.74, 6) is -0.111. The van der Waals surface area contributed by atoms with Crippen LogP contribution in [0.3, 0.4) is 0 Å². The predicted molar refractivity (Wildman–Crippen MR) is 78.5 cm³/mol. The molecule has 0 aromatic heterocycles. The van der Waals surface area contributed by atoms with Crippen molar-refractivity contribution in [1.82, 2.24) is 0 Å². The van der Waals surface area contributed by atoms with Crippen LogP contribution in [-0.4, -0.2) is 19.6 Å². The SMILES string of the molecule is CCOc1ccc(C(=O)Nc2ccc(OC)cc2)cc1F. The second-order valence-electron chi connectivity index (χ2n) is 4.26. The van der Waals surface area contributed by atoms with Gasteiger partial charge in [-0.25, -0.2) is 4.39 Å². The molecule has 21 heavy (non-hydrogen) atoms. The number of carbonyl (C=O) groups excluding carboxylic acids is 1. The quantitative estimate of drug-likeness (QED) is 0.916. The molecule has 4 nitrogen and oxygen atoms in total. The van der Waals surface area contributed by atoms with Gasteiger partial charge in [-0.15, -0.1) is 0 Å². The Bertz CT molecular complexity index is 626. The van der Waals surface area contributed by atoms with Gasteiger partial charge in [0, 0.05) is 11.3 Å². The highest BCUT2D eigenvalue weighted by atomic mass is 19.1. The lowest BCUT2D eigenvalue weighted by molar-refractivity contribution is 0.102. The number of benzene rings is 2. The molecule has 0 heterocycles. The molecule has 2 aromatic rings. The molecule has 0 aliphatic carbocycles. The smallest absolute Gasteiger partial charge is 0.255 e. The summed E-state index contributed by atoms with van der Waals surface area (Å²) in [5, 5.41) is 2.69. The van der Waals surface area contributed by atoms with Gasteiger partial charge in [0.1, 0.15) is 5.75 Å². The Morgan fingerprint density at radius 3 is 2.48 bits per heavy atom. The number of methoxy groups -OCH3 is 1. The van der Waals surface area contributed by atoms with E-state index in [1.54, 1.807) is 38.3 Å². The average molecular weight is 289 g/mol. The number of halogens is 1. The van der Waals surface area contributed by atoms with Crippen LogP contribution in [-0.2, 0) is 0 Å². The molecule has 0 saturated heterocycles. The summed E-state index contributed by atoms with van der Waals surface area (Å²) in [6.07, 6.45) is 0. The van der Waals surface area contributed by atoms with Crippen LogP contribution in [0.2, 0.25) is 0 Å². The summed E-state index contributed by atoms with van der Waals surface area (Å²) in [4.78, 5) is 12.0. The Morgan fingerprint density at radius 2 is 1.90 bits per heavy atom. The maximum atomic E-state index is 13.7. The lowest BCUT2D eigenvalue weighted by atomic mass is 10.2. The highest BCUT2D eigenvalue weighted by Gasteiger charge is 2.10. The van der Waals surface area contributed by atoms with Gasteiger partial charge in [0.2, 0.25) is 0 Å². The first-order valence-electron chi connectivity index (χ1n) is 6.51. The van der Waals surface area contributed by atoms with Gasteiger partial charge in [-0.05, 0) is 49.4 Å². The lowest BCUT2D eigenvalue weighted by Crippen LogP contribution is -2.12. The zero-order chi connectivity index (χ0) is 15.2. The van der Waals surface area contributed by atoms with Crippen molar-refractivity contribution in [1.29, 1.82) is 0 Å². The third-order valence-electron chi connectivity index (χ3n) is 2.84. The molecule has 2 aromatic carbocycles. The van der Waals surface area contributed by atoms with Gasteiger partial charge in [-0.2, -0.15) is 0 Å². The van der Waals surface area contributed by atoms with Crippen LogP contribution in [0, 0.1) is 5.82 Å². The maximum absolute atomic E-state index is 13.7. The van der Waals surface area contributed by atoms with Crippen molar-refractivity contribution in [2.75, 3.05) is 19.0 Å². The van der Waals surface area contributed by atoms with Gasteiger partial charge < -0.3 is 14.8 Å². The van der Waals surface area contributed by atoms with E-state index in [1.165, 1.54) is 12.1 Å². The van der Waals surface area contributed by atoms with E-state index in [-0.39, 0.29) is 17.2 Å². The summed E-state index contributed by atoms with van der Waals surface area (Å²) in [6.45, 7) is 2.14. The number of ether oxygens (including phenoxy) is 2. The largest absolute Gasteiger partial charge is 0.497 e. The van der Waals surface area contributed by atoms with E-state index in [1.807, 2.05) is 0 Å². The van der Waals surface area contributed by atoms with Crippen LogP contribution in [0.1, 0.15) is 17.3 Å². The highest BCUT2D eigenvalue weighted by molar-refractivity contribution is 6.04. The van der Waals surface area contributed by atoms with Crippen LogP contribution in [0.25, 0.3) is 0 Å². The normalized spacial score (nSPS) is 10.0. The van der Waals surface area contributed by atoms with Crippen LogP contribution < -0.4 is 14.8 Å². The lowest BCUT2D eigenvalue weighted by Gasteiger charge is -2.08. The van der Waals surface area contributed by atoms with E-state index in [4.69, 9.17) is 9.47 Å². The molecule has 0 bridgehead atoms. The first-order valence-corrected chi connectivity index (χ1v) is 6.51. The number of amides is 1.